The number of nitro groups is 1. The summed E-state index contributed by atoms with van der Waals surface area (Å²) in [6, 6.07) is 3.88. The van der Waals surface area contributed by atoms with E-state index in [-0.39, 0.29) is 10.6 Å². The summed E-state index contributed by atoms with van der Waals surface area (Å²) in [5.74, 6) is 1.62. The van der Waals surface area contributed by atoms with Crippen LogP contribution in [0.25, 0.3) is 0 Å². The number of hydrogen-bond acceptors (Lipinski definition) is 5. The van der Waals surface area contributed by atoms with Crippen molar-refractivity contribution in [1.82, 2.24) is 9.88 Å². The van der Waals surface area contributed by atoms with E-state index in [1.165, 1.54) is 19.4 Å². The molecule has 0 bridgehead atoms. The lowest BCUT2D eigenvalue weighted by atomic mass is 9.92. The Hall–Kier alpha value is -1.69. The Morgan fingerprint density at radius 1 is 1.35 bits per heavy atom. The number of likely N-dealkylation sites (N-methyl/N-ethyl adjacent to an activating group) is 1. The number of anilines is 1. The number of pyridine rings is 1. The molecule has 6 nitrogen and oxygen atoms in total. The van der Waals surface area contributed by atoms with Crippen LogP contribution in [0.1, 0.15) is 18.5 Å². The van der Waals surface area contributed by atoms with Gasteiger partial charge in [0.15, 0.2) is 0 Å². The molecule has 0 saturated carbocycles. The summed E-state index contributed by atoms with van der Waals surface area (Å²) in [7, 11) is 2.15. The highest BCUT2D eigenvalue weighted by Gasteiger charge is 2.38. The van der Waals surface area contributed by atoms with Gasteiger partial charge in [-0.2, -0.15) is 0 Å². The Balaban J connectivity index is 1.86. The highest BCUT2D eigenvalue weighted by molar-refractivity contribution is 5.48. The van der Waals surface area contributed by atoms with Gasteiger partial charge in [-0.05, 0) is 45.3 Å². The molecule has 2 fully saturated rings. The van der Waals surface area contributed by atoms with Gasteiger partial charge in [0.1, 0.15) is 11.5 Å². The lowest BCUT2D eigenvalue weighted by Crippen LogP contribution is -2.46. The summed E-state index contributed by atoms with van der Waals surface area (Å²) in [6.07, 6.45) is 2.44. The number of piperidine rings is 1. The first-order chi connectivity index (χ1) is 9.56. The van der Waals surface area contributed by atoms with Crippen molar-refractivity contribution >= 4 is 11.5 Å². The zero-order valence-electron chi connectivity index (χ0n) is 12.0. The predicted octanol–water partition coefficient (Wildman–Crippen LogP) is 1.83. The summed E-state index contributed by atoms with van der Waals surface area (Å²) < 4.78 is 0. The Labute approximate surface area is 118 Å². The van der Waals surface area contributed by atoms with Crippen molar-refractivity contribution < 1.29 is 4.92 Å². The second kappa shape index (κ2) is 5.01. The number of hydrogen-bond donors (Lipinski definition) is 0. The van der Waals surface area contributed by atoms with Crippen LogP contribution in [0.2, 0.25) is 0 Å². The van der Waals surface area contributed by atoms with Crippen LogP contribution in [0.15, 0.2) is 12.1 Å². The maximum atomic E-state index is 10.9. The fourth-order valence-electron chi connectivity index (χ4n) is 3.48. The molecule has 1 aromatic heterocycles. The van der Waals surface area contributed by atoms with Crippen molar-refractivity contribution in [1.29, 1.82) is 0 Å². The molecule has 0 amide bonds. The zero-order chi connectivity index (χ0) is 14.3. The number of fused-ring (bicyclic) bond motifs is 1. The van der Waals surface area contributed by atoms with E-state index in [2.05, 4.69) is 21.8 Å². The summed E-state index contributed by atoms with van der Waals surface area (Å²) in [4.78, 5) is 19.7. The normalized spacial score (nSPS) is 26.6. The van der Waals surface area contributed by atoms with Crippen LogP contribution in [-0.4, -0.2) is 47.5 Å². The van der Waals surface area contributed by atoms with Gasteiger partial charge in [0.05, 0.1) is 4.92 Å². The second-order valence-corrected chi connectivity index (χ2v) is 5.89. The minimum absolute atomic E-state index is 0.102. The van der Waals surface area contributed by atoms with E-state index in [1.54, 1.807) is 19.1 Å². The van der Waals surface area contributed by atoms with Crippen LogP contribution in [-0.2, 0) is 0 Å². The molecule has 0 N–H and O–H groups in total. The van der Waals surface area contributed by atoms with E-state index in [0.717, 1.165) is 24.8 Å². The number of nitrogens with zero attached hydrogens (tertiary/aromatic N) is 4. The molecule has 20 heavy (non-hydrogen) atoms. The molecule has 2 atom stereocenters. The van der Waals surface area contributed by atoms with Crippen LogP contribution in [0, 0.1) is 23.0 Å². The maximum Gasteiger partial charge on any atom is 0.290 e. The van der Waals surface area contributed by atoms with Crippen LogP contribution in [0.3, 0.4) is 0 Å². The first-order valence-corrected chi connectivity index (χ1v) is 7.13. The molecule has 1 aromatic rings. The van der Waals surface area contributed by atoms with Gasteiger partial charge >= 0.3 is 0 Å². The highest BCUT2D eigenvalue weighted by Crippen LogP contribution is 2.34. The third-order valence-corrected chi connectivity index (χ3v) is 4.60. The Morgan fingerprint density at radius 3 is 2.80 bits per heavy atom. The molecule has 0 spiro atoms. The quantitative estimate of drug-likeness (QED) is 0.609. The number of rotatable bonds is 2. The zero-order valence-corrected chi connectivity index (χ0v) is 12.0. The van der Waals surface area contributed by atoms with Crippen LogP contribution in [0.4, 0.5) is 11.5 Å². The highest BCUT2D eigenvalue weighted by atomic mass is 16.6. The fourth-order valence-corrected chi connectivity index (χ4v) is 3.48. The largest absolute Gasteiger partial charge is 0.352 e. The average Bonchev–Trinajstić information content (AvgIpc) is 2.81. The van der Waals surface area contributed by atoms with Crippen LogP contribution < -0.4 is 4.90 Å². The van der Waals surface area contributed by atoms with Crippen molar-refractivity contribution in [3.05, 3.63) is 27.9 Å². The van der Waals surface area contributed by atoms with Crippen molar-refractivity contribution in [2.75, 3.05) is 31.6 Å². The first-order valence-electron chi connectivity index (χ1n) is 7.13. The van der Waals surface area contributed by atoms with Crippen molar-refractivity contribution in [2.24, 2.45) is 5.92 Å². The number of aromatic nitrogens is 1. The standard InChI is InChI=1S/C14H20N4O2/c1-10-12(18(19)20)3-4-14(15-10)17-8-6-11-5-7-16(2)9-13(11)17/h3-4,11,13H,5-9H2,1-2H3/t11-,13-/m1/s1. The van der Waals surface area contributed by atoms with Crippen molar-refractivity contribution in [2.45, 2.75) is 25.8 Å². The molecule has 108 valence electrons. The van der Waals surface area contributed by atoms with E-state index < -0.39 is 0 Å². The van der Waals surface area contributed by atoms with Gasteiger partial charge in [0.2, 0.25) is 0 Å². The first kappa shape index (κ1) is 13.3. The third-order valence-electron chi connectivity index (χ3n) is 4.60. The summed E-state index contributed by atoms with van der Waals surface area (Å²) in [5, 5.41) is 10.9. The van der Waals surface area contributed by atoms with Crippen LogP contribution >= 0.6 is 0 Å². The van der Waals surface area contributed by atoms with Crippen molar-refractivity contribution in [3.63, 3.8) is 0 Å². The molecule has 3 rings (SSSR count). The second-order valence-electron chi connectivity index (χ2n) is 5.89. The average molecular weight is 276 g/mol. The summed E-state index contributed by atoms with van der Waals surface area (Å²) in [5.41, 5.74) is 0.602. The molecule has 6 heteroatoms. The number of likely N-dealkylation sites (tertiary alicyclic amines) is 1. The van der Waals surface area contributed by atoms with Gasteiger partial charge in [0, 0.05) is 25.2 Å². The maximum absolute atomic E-state index is 10.9. The van der Waals surface area contributed by atoms with Gasteiger partial charge in [-0.25, -0.2) is 4.98 Å². The van der Waals surface area contributed by atoms with E-state index in [4.69, 9.17) is 0 Å². The third kappa shape index (κ3) is 2.24. The lowest BCUT2D eigenvalue weighted by Gasteiger charge is -2.37. The molecule has 2 saturated heterocycles. The van der Waals surface area contributed by atoms with E-state index >= 15 is 0 Å². The SMILES string of the molecule is Cc1nc(N2CC[C@H]3CCN(C)C[C@H]32)ccc1[N+](=O)[O-]. The van der Waals surface area contributed by atoms with Gasteiger partial charge in [0.25, 0.3) is 5.69 Å². The monoisotopic (exact) mass is 276 g/mol. The van der Waals surface area contributed by atoms with Gasteiger partial charge in [-0.1, -0.05) is 0 Å². The predicted molar refractivity (Wildman–Crippen MR) is 77.0 cm³/mol. The molecule has 0 aromatic carbocycles. The number of aryl methyl sites for hydroxylation is 1. The molecule has 0 unspecified atom stereocenters. The molecule has 3 heterocycles. The minimum atomic E-state index is -0.368. The smallest absolute Gasteiger partial charge is 0.290 e. The fraction of sp³-hybridized carbons (Fsp3) is 0.643. The molecule has 2 aliphatic rings. The molecule has 0 radical (unpaired) electrons. The van der Waals surface area contributed by atoms with Gasteiger partial charge < -0.3 is 9.80 Å². The lowest BCUT2D eigenvalue weighted by molar-refractivity contribution is -0.385. The Morgan fingerprint density at radius 2 is 2.10 bits per heavy atom. The molecular formula is C14H20N4O2. The molecule has 0 aliphatic carbocycles. The molecular weight excluding hydrogens is 256 g/mol. The van der Waals surface area contributed by atoms with Gasteiger partial charge in [-0.15, -0.1) is 0 Å². The molecule has 2 aliphatic heterocycles. The van der Waals surface area contributed by atoms with E-state index in [9.17, 15) is 10.1 Å². The van der Waals surface area contributed by atoms with Gasteiger partial charge in [-0.3, -0.25) is 10.1 Å². The summed E-state index contributed by atoms with van der Waals surface area (Å²) >= 11 is 0. The minimum Gasteiger partial charge on any atom is -0.352 e. The van der Waals surface area contributed by atoms with E-state index in [1.807, 2.05) is 0 Å². The Bertz CT molecular complexity index is 534. The van der Waals surface area contributed by atoms with Crippen molar-refractivity contribution in [3.8, 4) is 0 Å². The Kier molecular flexibility index (Phi) is 3.33. The van der Waals surface area contributed by atoms with E-state index in [0.29, 0.717) is 11.7 Å². The topological polar surface area (TPSA) is 62.5 Å². The summed E-state index contributed by atoms with van der Waals surface area (Å²) in [6.45, 7) is 4.94. The van der Waals surface area contributed by atoms with Crippen LogP contribution in [0.5, 0.6) is 0 Å².